The number of hydrogen-bond donors (Lipinski definition) is 2. The average molecular weight is 554 g/mol. The standard InChI is InChI=1S/C21H19IN2O4S2/c1-11-5-4-6-15(12(11)2)23-18(25)10-28-19-14(22)7-13(8-16(19)27-3)9-17-20(26)24-21(29)30-17/h4-9H,10H2,1-3H3,(H,23,25)(H,24,26,29)/b17-9-. The lowest BCUT2D eigenvalue weighted by molar-refractivity contribution is -0.118. The molecule has 0 aromatic heterocycles. The molecule has 3 rings (SSSR count). The van der Waals surface area contributed by atoms with E-state index in [1.54, 1.807) is 12.1 Å². The first-order valence-corrected chi connectivity index (χ1v) is 11.2. The lowest BCUT2D eigenvalue weighted by atomic mass is 10.1. The molecule has 1 aliphatic rings. The Balaban J connectivity index is 1.74. The van der Waals surface area contributed by atoms with Gasteiger partial charge in [0.2, 0.25) is 0 Å². The van der Waals surface area contributed by atoms with E-state index in [4.69, 9.17) is 21.7 Å². The Morgan fingerprint density at radius 1 is 1.33 bits per heavy atom. The Bertz CT molecular complexity index is 1070. The van der Waals surface area contributed by atoms with Crippen LogP contribution in [0.3, 0.4) is 0 Å². The normalized spacial score (nSPS) is 14.6. The number of hydrogen-bond acceptors (Lipinski definition) is 6. The molecule has 0 unspecified atom stereocenters. The predicted molar refractivity (Wildman–Crippen MR) is 132 cm³/mol. The summed E-state index contributed by atoms with van der Waals surface area (Å²) >= 11 is 8.34. The molecule has 0 aliphatic carbocycles. The number of ether oxygens (including phenoxy) is 2. The number of methoxy groups -OCH3 is 1. The number of halogens is 1. The molecule has 2 aromatic carbocycles. The van der Waals surface area contributed by atoms with Gasteiger partial charge >= 0.3 is 0 Å². The van der Waals surface area contributed by atoms with Gasteiger partial charge in [0, 0.05) is 5.69 Å². The SMILES string of the molecule is COc1cc(/C=C2\SC(=S)NC2=O)cc(I)c1OCC(=O)Nc1cccc(C)c1C. The van der Waals surface area contributed by atoms with Gasteiger partial charge in [0.1, 0.15) is 4.32 Å². The molecule has 0 spiro atoms. The second-order valence-electron chi connectivity index (χ2n) is 6.47. The van der Waals surface area contributed by atoms with Crippen molar-refractivity contribution >= 4 is 74.5 Å². The third-order valence-corrected chi connectivity index (χ3v) is 6.38. The first-order valence-electron chi connectivity index (χ1n) is 8.89. The molecule has 1 saturated heterocycles. The van der Waals surface area contributed by atoms with E-state index in [9.17, 15) is 9.59 Å². The molecule has 2 aromatic rings. The zero-order valence-corrected chi connectivity index (χ0v) is 20.3. The minimum atomic E-state index is -0.264. The van der Waals surface area contributed by atoms with Crippen molar-refractivity contribution in [2.75, 3.05) is 19.0 Å². The van der Waals surface area contributed by atoms with Crippen LogP contribution in [0.15, 0.2) is 35.2 Å². The van der Waals surface area contributed by atoms with Crippen molar-refractivity contribution in [1.29, 1.82) is 0 Å². The third-order valence-electron chi connectivity index (χ3n) is 4.42. The van der Waals surface area contributed by atoms with E-state index in [0.717, 1.165) is 25.9 Å². The Hall–Kier alpha value is -2.11. The Morgan fingerprint density at radius 3 is 2.77 bits per heavy atom. The van der Waals surface area contributed by atoms with Gasteiger partial charge in [0.15, 0.2) is 18.1 Å². The van der Waals surface area contributed by atoms with Crippen molar-refractivity contribution in [3.05, 3.63) is 55.5 Å². The van der Waals surface area contributed by atoms with Crippen molar-refractivity contribution in [3.63, 3.8) is 0 Å². The van der Waals surface area contributed by atoms with Crippen molar-refractivity contribution in [2.24, 2.45) is 0 Å². The number of rotatable bonds is 6. The molecule has 156 valence electrons. The summed E-state index contributed by atoms with van der Waals surface area (Å²) in [6.07, 6.45) is 1.74. The topological polar surface area (TPSA) is 76.7 Å². The lowest BCUT2D eigenvalue weighted by Crippen LogP contribution is -2.21. The summed E-state index contributed by atoms with van der Waals surface area (Å²) in [7, 11) is 1.53. The van der Waals surface area contributed by atoms with E-state index < -0.39 is 0 Å². The first-order chi connectivity index (χ1) is 14.3. The smallest absolute Gasteiger partial charge is 0.263 e. The molecule has 1 fully saturated rings. The summed E-state index contributed by atoms with van der Waals surface area (Å²) < 4.78 is 12.4. The zero-order chi connectivity index (χ0) is 21.8. The largest absolute Gasteiger partial charge is 0.493 e. The van der Waals surface area contributed by atoms with Gasteiger partial charge in [-0.25, -0.2) is 0 Å². The molecule has 9 heteroatoms. The fraction of sp³-hybridized carbons (Fsp3) is 0.190. The molecule has 6 nitrogen and oxygen atoms in total. The van der Waals surface area contributed by atoms with Crippen LogP contribution in [-0.4, -0.2) is 29.9 Å². The second-order valence-corrected chi connectivity index (χ2v) is 9.35. The molecule has 0 saturated carbocycles. The van der Waals surface area contributed by atoms with E-state index in [-0.39, 0.29) is 18.4 Å². The number of amides is 2. The molecule has 2 N–H and O–H groups in total. The van der Waals surface area contributed by atoms with E-state index in [1.807, 2.05) is 38.1 Å². The second kappa shape index (κ2) is 9.80. The molecular weight excluding hydrogens is 535 g/mol. The molecule has 2 amide bonds. The monoisotopic (exact) mass is 554 g/mol. The first kappa shape index (κ1) is 22.6. The van der Waals surface area contributed by atoms with Gasteiger partial charge in [0.05, 0.1) is 15.6 Å². The van der Waals surface area contributed by atoms with Crippen LogP contribution in [0.1, 0.15) is 16.7 Å². The number of aryl methyl sites for hydroxylation is 1. The fourth-order valence-electron chi connectivity index (χ4n) is 2.75. The Morgan fingerprint density at radius 2 is 2.10 bits per heavy atom. The molecule has 0 bridgehead atoms. The minimum absolute atomic E-state index is 0.160. The predicted octanol–water partition coefficient (Wildman–Crippen LogP) is 4.42. The maximum absolute atomic E-state index is 12.4. The van der Waals surface area contributed by atoms with Crippen LogP contribution in [0.5, 0.6) is 11.5 Å². The van der Waals surface area contributed by atoms with E-state index in [1.165, 1.54) is 18.9 Å². The van der Waals surface area contributed by atoms with Gasteiger partial charge in [-0.2, -0.15) is 0 Å². The minimum Gasteiger partial charge on any atom is -0.493 e. The summed E-state index contributed by atoms with van der Waals surface area (Å²) in [5.41, 5.74) is 3.65. The highest BCUT2D eigenvalue weighted by molar-refractivity contribution is 14.1. The van der Waals surface area contributed by atoms with Crippen LogP contribution in [-0.2, 0) is 9.59 Å². The highest BCUT2D eigenvalue weighted by Gasteiger charge is 2.22. The number of nitrogens with one attached hydrogen (secondary N) is 2. The van der Waals surface area contributed by atoms with Crippen molar-refractivity contribution in [2.45, 2.75) is 13.8 Å². The maximum Gasteiger partial charge on any atom is 0.263 e. The molecular formula is C21H19IN2O4S2. The van der Waals surface area contributed by atoms with Crippen LogP contribution >= 0.6 is 46.6 Å². The molecule has 30 heavy (non-hydrogen) atoms. The van der Waals surface area contributed by atoms with Crippen molar-refractivity contribution < 1.29 is 19.1 Å². The lowest BCUT2D eigenvalue weighted by Gasteiger charge is -2.14. The zero-order valence-electron chi connectivity index (χ0n) is 16.5. The average Bonchev–Trinajstić information content (AvgIpc) is 3.01. The van der Waals surface area contributed by atoms with Crippen molar-refractivity contribution in [1.82, 2.24) is 5.32 Å². The number of benzene rings is 2. The maximum atomic E-state index is 12.4. The van der Waals surface area contributed by atoms with Crippen LogP contribution in [0.25, 0.3) is 6.08 Å². The van der Waals surface area contributed by atoms with E-state index in [0.29, 0.717) is 20.7 Å². The fourth-order valence-corrected chi connectivity index (χ4v) is 4.57. The summed E-state index contributed by atoms with van der Waals surface area (Å²) in [6.45, 7) is 3.79. The summed E-state index contributed by atoms with van der Waals surface area (Å²) in [4.78, 5) is 24.8. The summed E-state index contributed by atoms with van der Waals surface area (Å²) in [5, 5.41) is 5.46. The molecule has 1 aliphatic heterocycles. The van der Waals surface area contributed by atoms with Crippen LogP contribution in [0.4, 0.5) is 5.69 Å². The van der Waals surface area contributed by atoms with E-state index >= 15 is 0 Å². The number of thioether (sulfide) groups is 1. The number of thiocarbonyl (C=S) groups is 1. The van der Waals surface area contributed by atoms with Gasteiger partial charge in [-0.15, -0.1) is 0 Å². The Labute approximate surface area is 197 Å². The number of carbonyl (C=O) groups is 2. The van der Waals surface area contributed by atoms with Crippen LogP contribution < -0.4 is 20.1 Å². The quantitative estimate of drug-likeness (QED) is 0.313. The van der Waals surface area contributed by atoms with Crippen molar-refractivity contribution in [3.8, 4) is 11.5 Å². The van der Waals surface area contributed by atoms with E-state index in [2.05, 4.69) is 33.2 Å². The summed E-state index contributed by atoms with van der Waals surface area (Å²) in [5.74, 6) is 0.456. The molecule has 1 heterocycles. The Kier molecular flexibility index (Phi) is 7.37. The number of carbonyl (C=O) groups excluding carboxylic acids is 2. The molecule has 0 atom stereocenters. The van der Waals surface area contributed by atoms with Gasteiger partial charge < -0.3 is 20.1 Å². The third kappa shape index (κ3) is 5.32. The van der Waals surface area contributed by atoms with Gasteiger partial charge in [-0.05, 0) is 77.4 Å². The highest BCUT2D eigenvalue weighted by Crippen LogP contribution is 2.36. The van der Waals surface area contributed by atoms with Gasteiger partial charge in [-0.3, -0.25) is 9.59 Å². The van der Waals surface area contributed by atoms with Crippen LogP contribution in [0.2, 0.25) is 0 Å². The van der Waals surface area contributed by atoms with Gasteiger partial charge in [0.25, 0.3) is 11.8 Å². The molecule has 0 radical (unpaired) electrons. The summed E-state index contributed by atoms with van der Waals surface area (Å²) in [6, 6.07) is 9.35. The number of anilines is 1. The highest BCUT2D eigenvalue weighted by atomic mass is 127. The van der Waals surface area contributed by atoms with Crippen LogP contribution in [0, 0.1) is 17.4 Å². The van der Waals surface area contributed by atoms with Gasteiger partial charge in [-0.1, -0.05) is 36.1 Å².